The van der Waals surface area contributed by atoms with Gasteiger partial charge in [0.15, 0.2) is 5.96 Å². The first-order valence-electron chi connectivity index (χ1n) is 7.45. The van der Waals surface area contributed by atoms with Gasteiger partial charge in [0.2, 0.25) is 0 Å². The zero-order valence-corrected chi connectivity index (χ0v) is 16.1. The number of benzene rings is 1. The minimum Gasteiger partial charge on any atom is -0.489 e. The van der Waals surface area contributed by atoms with Crippen molar-refractivity contribution >= 4 is 29.9 Å². The predicted molar refractivity (Wildman–Crippen MR) is 100 cm³/mol. The zero-order chi connectivity index (χ0) is 16.0. The van der Waals surface area contributed by atoms with Gasteiger partial charge in [0.25, 0.3) is 0 Å². The van der Waals surface area contributed by atoms with E-state index in [9.17, 15) is 4.39 Å². The summed E-state index contributed by atoms with van der Waals surface area (Å²) in [6.45, 7) is 7.11. The number of halogens is 2. The Kier molecular flexibility index (Phi) is 8.04. The largest absolute Gasteiger partial charge is 0.489 e. The van der Waals surface area contributed by atoms with Gasteiger partial charge in [0.05, 0.1) is 19.8 Å². The number of nitrogens with one attached hydrogen (secondary N) is 2. The zero-order valence-electron chi connectivity index (χ0n) is 13.8. The standard InChI is InChI=1S/C16H24FN3O2.HI/c1-12(22-14-6-4-13(17)5-7-14)8-19-15(18-3)20-9-16(2)10-21-11-16;/h4-7,12H,8-11H2,1-3H3,(H2,18,19,20);1H. The summed E-state index contributed by atoms with van der Waals surface area (Å²) in [7, 11) is 1.74. The Hall–Kier alpha value is -1.09. The number of guanidine groups is 1. The highest BCUT2D eigenvalue weighted by Gasteiger charge is 2.33. The van der Waals surface area contributed by atoms with E-state index in [-0.39, 0.29) is 41.3 Å². The van der Waals surface area contributed by atoms with Crippen LogP contribution in [0.3, 0.4) is 0 Å². The monoisotopic (exact) mass is 437 g/mol. The lowest BCUT2D eigenvalue weighted by Crippen LogP contribution is -2.51. The van der Waals surface area contributed by atoms with E-state index in [1.807, 2.05) is 6.92 Å². The van der Waals surface area contributed by atoms with Crippen molar-refractivity contribution in [2.24, 2.45) is 10.4 Å². The third kappa shape index (κ3) is 6.50. The minimum absolute atomic E-state index is 0. The first kappa shape index (κ1) is 20.0. The second kappa shape index (κ2) is 9.27. The van der Waals surface area contributed by atoms with Gasteiger partial charge in [-0.25, -0.2) is 4.39 Å². The molecule has 7 heteroatoms. The van der Waals surface area contributed by atoms with Gasteiger partial charge in [-0.1, -0.05) is 6.92 Å². The fourth-order valence-corrected chi connectivity index (χ4v) is 2.10. The van der Waals surface area contributed by atoms with Crippen LogP contribution in [0.25, 0.3) is 0 Å². The molecule has 1 aliphatic heterocycles. The number of nitrogens with zero attached hydrogens (tertiary/aromatic N) is 1. The first-order valence-corrected chi connectivity index (χ1v) is 7.45. The Balaban J connectivity index is 0.00000264. The van der Waals surface area contributed by atoms with Crippen LogP contribution in [0, 0.1) is 11.2 Å². The van der Waals surface area contributed by atoms with Crippen molar-refractivity contribution in [3.05, 3.63) is 30.1 Å². The van der Waals surface area contributed by atoms with E-state index in [4.69, 9.17) is 9.47 Å². The SMILES string of the molecule is CN=C(NCC(C)Oc1ccc(F)cc1)NCC1(C)COC1.I. The van der Waals surface area contributed by atoms with Crippen LogP contribution in [0.4, 0.5) is 4.39 Å². The topological polar surface area (TPSA) is 54.9 Å². The van der Waals surface area contributed by atoms with Crippen LogP contribution >= 0.6 is 24.0 Å². The lowest BCUT2D eigenvalue weighted by Gasteiger charge is -2.38. The maximum absolute atomic E-state index is 12.8. The summed E-state index contributed by atoms with van der Waals surface area (Å²) in [4.78, 5) is 4.19. The van der Waals surface area contributed by atoms with Crippen molar-refractivity contribution in [2.45, 2.75) is 20.0 Å². The number of aliphatic imine (C=N–C) groups is 1. The molecule has 2 N–H and O–H groups in total. The Labute approximate surface area is 154 Å². The first-order chi connectivity index (χ1) is 10.5. The van der Waals surface area contributed by atoms with Gasteiger partial charge in [-0.2, -0.15) is 0 Å². The van der Waals surface area contributed by atoms with Crippen molar-refractivity contribution in [2.75, 3.05) is 33.4 Å². The van der Waals surface area contributed by atoms with Crippen LogP contribution in [0.1, 0.15) is 13.8 Å². The summed E-state index contributed by atoms with van der Waals surface area (Å²) < 4.78 is 23.8. The third-order valence-electron chi connectivity index (χ3n) is 3.52. The van der Waals surface area contributed by atoms with Gasteiger partial charge in [-0.3, -0.25) is 4.99 Å². The van der Waals surface area contributed by atoms with E-state index < -0.39 is 0 Å². The molecular formula is C16H25FIN3O2. The van der Waals surface area contributed by atoms with Crippen LogP contribution in [0.15, 0.2) is 29.3 Å². The number of hydrogen-bond donors (Lipinski definition) is 2. The second-order valence-corrected chi connectivity index (χ2v) is 5.99. The molecule has 1 fully saturated rings. The predicted octanol–water partition coefficient (Wildman–Crippen LogP) is 2.41. The van der Waals surface area contributed by atoms with Crippen molar-refractivity contribution in [1.82, 2.24) is 10.6 Å². The average Bonchev–Trinajstić information content (AvgIpc) is 2.48. The van der Waals surface area contributed by atoms with E-state index in [0.29, 0.717) is 12.3 Å². The molecule has 0 aliphatic carbocycles. The van der Waals surface area contributed by atoms with E-state index in [0.717, 1.165) is 25.7 Å². The van der Waals surface area contributed by atoms with Crippen molar-refractivity contribution in [1.29, 1.82) is 0 Å². The number of rotatable bonds is 6. The number of ether oxygens (including phenoxy) is 2. The van der Waals surface area contributed by atoms with Gasteiger partial charge >= 0.3 is 0 Å². The van der Waals surface area contributed by atoms with Gasteiger partial charge in [0.1, 0.15) is 17.7 Å². The van der Waals surface area contributed by atoms with E-state index in [1.165, 1.54) is 12.1 Å². The average molecular weight is 437 g/mol. The van der Waals surface area contributed by atoms with Crippen molar-refractivity contribution < 1.29 is 13.9 Å². The van der Waals surface area contributed by atoms with E-state index >= 15 is 0 Å². The molecule has 2 rings (SSSR count). The van der Waals surface area contributed by atoms with E-state index in [1.54, 1.807) is 19.2 Å². The normalized spacial score (nSPS) is 17.5. The molecule has 1 unspecified atom stereocenters. The van der Waals surface area contributed by atoms with Gasteiger partial charge in [0, 0.05) is 19.0 Å². The lowest BCUT2D eigenvalue weighted by molar-refractivity contribution is -0.0971. The van der Waals surface area contributed by atoms with E-state index in [2.05, 4.69) is 22.5 Å². The molecule has 5 nitrogen and oxygen atoms in total. The van der Waals surface area contributed by atoms with Crippen LogP contribution in [-0.2, 0) is 4.74 Å². The molecule has 0 spiro atoms. The highest BCUT2D eigenvalue weighted by atomic mass is 127. The van der Waals surface area contributed by atoms with Crippen molar-refractivity contribution in [3.63, 3.8) is 0 Å². The molecular weight excluding hydrogens is 412 g/mol. The van der Waals surface area contributed by atoms with Gasteiger partial charge in [-0.05, 0) is 31.2 Å². The minimum atomic E-state index is -0.267. The highest BCUT2D eigenvalue weighted by Crippen LogP contribution is 2.24. The molecule has 1 heterocycles. The molecule has 1 aromatic rings. The van der Waals surface area contributed by atoms with Crippen LogP contribution in [-0.4, -0.2) is 45.4 Å². The summed E-state index contributed by atoms with van der Waals surface area (Å²) in [6.07, 6.45) is -0.0633. The van der Waals surface area contributed by atoms with Gasteiger partial charge in [-0.15, -0.1) is 24.0 Å². The molecule has 1 aliphatic rings. The Morgan fingerprint density at radius 3 is 2.52 bits per heavy atom. The number of hydrogen-bond acceptors (Lipinski definition) is 3. The maximum atomic E-state index is 12.8. The fraction of sp³-hybridized carbons (Fsp3) is 0.562. The summed E-state index contributed by atoms with van der Waals surface area (Å²) in [5.41, 5.74) is 0.188. The lowest BCUT2D eigenvalue weighted by atomic mass is 9.89. The quantitative estimate of drug-likeness (QED) is 0.408. The Morgan fingerprint density at radius 1 is 1.35 bits per heavy atom. The second-order valence-electron chi connectivity index (χ2n) is 5.99. The summed E-state index contributed by atoms with van der Waals surface area (Å²) in [5, 5.41) is 6.51. The fourth-order valence-electron chi connectivity index (χ4n) is 2.10. The Bertz CT molecular complexity index is 507. The molecule has 130 valence electrons. The smallest absolute Gasteiger partial charge is 0.191 e. The summed E-state index contributed by atoms with van der Waals surface area (Å²) >= 11 is 0. The molecule has 1 atom stereocenters. The molecule has 0 saturated carbocycles. The molecule has 23 heavy (non-hydrogen) atoms. The summed E-state index contributed by atoms with van der Waals surface area (Å²) in [5.74, 6) is 1.12. The van der Waals surface area contributed by atoms with Crippen molar-refractivity contribution in [3.8, 4) is 5.75 Å². The third-order valence-corrected chi connectivity index (χ3v) is 3.52. The molecule has 0 aromatic heterocycles. The van der Waals surface area contributed by atoms with Crippen LogP contribution < -0.4 is 15.4 Å². The van der Waals surface area contributed by atoms with Crippen LogP contribution in [0.5, 0.6) is 5.75 Å². The van der Waals surface area contributed by atoms with Gasteiger partial charge < -0.3 is 20.1 Å². The summed E-state index contributed by atoms with van der Waals surface area (Å²) in [6, 6.07) is 6.02. The van der Waals surface area contributed by atoms with Crippen LogP contribution in [0.2, 0.25) is 0 Å². The maximum Gasteiger partial charge on any atom is 0.191 e. The molecule has 1 saturated heterocycles. The molecule has 0 amide bonds. The highest BCUT2D eigenvalue weighted by molar-refractivity contribution is 14.0. The molecule has 0 bridgehead atoms. The Morgan fingerprint density at radius 2 is 2.00 bits per heavy atom. The molecule has 0 radical (unpaired) electrons. The molecule has 1 aromatic carbocycles.